The number of likely N-dealkylation sites (tertiary alicyclic amines) is 1. The molecule has 2 aliphatic rings. The Balaban J connectivity index is 0.00000423. The number of nitrogens with one attached hydrogen (secondary N) is 1. The second kappa shape index (κ2) is 13.8. The zero-order chi connectivity index (χ0) is 29.7. The minimum absolute atomic E-state index is 0. The normalized spacial score (nSPS) is 20.1. The number of benzene rings is 3. The van der Waals surface area contributed by atoms with Gasteiger partial charge in [-0.25, -0.2) is 13.6 Å². The first-order chi connectivity index (χ1) is 20.2. The average Bonchev–Trinajstić information content (AvgIpc) is 3.02. The molecule has 1 atom stereocenters. The first-order valence-corrected chi connectivity index (χ1v) is 14.4. The summed E-state index contributed by atoms with van der Waals surface area (Å²) in [5.41, 5.74) is 0.679. The monoisotopic (exact) mass is 612 g/mol. The highest BCUT2D eigenvalue weighted by atomic mass is 35.5. The van der Waals surface area contributed by atoms with Crippen LogP contribution >= 0.6 is 12.4 Å². The third kappa shape index (κ3) is 7.17. The van der Waals surface area contributed by atoms with Crippen molar-refractivity contribution in [3.8, 4) is 0 Å². The maximum Gasteiger partial charge on any atom is 0.317 e. The third-order valence-electron chi connectivity index (χ3n) is 8.56. The lowest BCUT2D eigenvalue weighted by Crippen LogP contribution is -2.56. The summed E-state index contributed by atoms with van der Waals surface area (Å²) in [6, 6.07) is 22.8. The number of hydrogen-bond donors (Lipinski definition) is 1. The molecule has 0 aliphatic carbocycles. The number of carbonyl (C=O) groups is 2. The summed E-state index contributed by atoms with van der Waals surface area (Å²) in [4.78, 5) is 31.7. The number of hydrogen-bond acceptors (Lipinski definition) is 4. The molecule has 230 valence electrons. The van der Waals surface area contributed by atoms with Crippen LogP contribution in [0.1, 0.15) is 40.7 Å². The molecule has 0 radical (unpaired) electrons. The van der Waals surface area contributed by atoms with Gasteiger partial charge in [-0.3, -0.25) is 4.79 Å². The molecule has 10 heteroatoms. The first-order valence-electron chi connectivity index (χ1n) is 14.4. The third-order valence-corrected chi connectivity index (χ3v) is 8.56. The zero-order valence-electron chi connectivity index (χ0n) is 24.6. The molecule has 7 nitrogen and oxygen atoms in total. The highest BCUT2D eigenvalue weighted by molar-refractivity contribution is 5.94. The van der Waals surface area contributed by atoms with Crippen LogP contribution in [-0.2, 0) is 15.9 Å². The largest absolute Gasteiger partial charge is 0.367 e. The van der Waals surface area contributed by atoms with Gasteiger partial charge >= 0.3 is 6.03 Å². The van der Waals surface area contributed by atoms with Crippen molar-refractivity contribution in [2.24, 2.45) is 0 Å². The van der Waals surface area contributed by atoms with E-state index in [2.05, 4.69) is 22.3 Å². The molecule has 0 bridgehead atoms. The zero-order valence-corrected chi connectivity index (χ0v) is 25.4. The van der Waals surface area contributed by atoms with Gasteiger partial charge in [0.2, 0.25) is 0 Å². The van der Waals surface area contributed by atoms with E-state index < -0.39 is 22.8 Å². The highest BCUT2D eigenvalue weighted by Crippen LogP contribution is 2.37. The van der Waals surface area contributed by atoms with Crippen LogP contribution in [0.5, 0.6) is 0 Å². The number of halogens is 3. The van der Waals surface area contributed by atoms with Crippen LogP contribution in [0, 0.1) is 11.6 Å². The number of morpholine rings is 1. The Morgan fingerprint density at radius 3 is 2.16 bits per heavy atom. The maximum absolute atomic E-state index is 14.5. The Morgan fingerprint density at radius 1 is 0.884 bits per heavy atom. The molecule has 1 N–H and O–H groups in total. The Kier molecular flexibility index (Phi) is 10.4. The fourth-order valence-corrected chi connectivity index (χ4v) is 6.03. The molecule has 0 spiro atoms. The smallest absolute Gasteiger partial charge is 0.317 e. The Hall–Kier alpha value is -3.53. The summed E-state index contributed by atoms with van der Waals surface area (Å²) >= 11 is 0. The molecule has 1 unspecified atom stereocenters. The van der Waals surface area contributed by atoms with E-state index in [0.717, 1.165) is 24.7 Å². The van der Waals surface area contributed by atoms with Crippen LogP contribution in [0.2, 0.25) is 0 Å². The number of carbonyl (C=O) groups excluding carboxylic acids is 2. The van der Waals surface area contributed by atoms with Crippen molar-refractivity contribution < 1.29 is 23.1 Å². The van der Waals surface area contributed by atoms with E-state index in [9.17, 15) is 18.4 Å². The fourth-order valence-electron chi connectivity index (χ4n) is 6.03. The quantitative estimate of drug-likeness (QED) is 0.388. The lowest BCUT2D eigenvalue weighted by molar-refractivity contribution is -0.114. The molecule has 2 saturated heterocycles. The summed E-state index contributed by atoms with van der Waals surface area (Å²) in [7, 11) is 3.47. The van der Waals surface area contributed by atoms with Gasteiger partial charge in [-0.15, -0.1) is 12.4 Å². The number of urea groups is 1. The van der Waals surface area contributed by atoms with Gasteiger partial charge in [-0.2, -0.15) is 0 Å². The molecule has 2 aliphatic heterocycles. The SMILES string of the molecule is CN(C)C(=O)NC1(c2ccccc2)CCN(CCC2(c3ccc(F)c(F)c3)CN(C(=O)c3ccccc3)CCO2)CC1.Cl. The van der Waals surface area contributed by atoms with Gasteiger partial charge in [0.1, 0.15) is 5.60 Å². The van der Waals surface area contributed by atoms with Gasteiger partial charge < -0.3 is 24.8 Å². The number of rotatable bonds is 7. The highest BCUT2D eigenvalue weighted by Gasteiger charge is 2.42. The van der Waals surface area contributed by atoms with Crippen molar-refractivity contribution in [3.63, 3.8) is 0 Å². The van der Waals surface area contributed by atoms with Gasteiger partial charge in [0, 0.05) is 45.8 Å². The van der Waals surface area contributed by atoms with E-state index in [1.807, 2.05) is 36.4 Å². The van der Waals surface area contributed by atoms with Crippen LogP contribution in [0.25, 0.3) is 0 Å². The topological polar surface area (TPSA) is 65.1 Å². The van der Waals surface area contributed by atoms with Crippen molar-refractivity contribution in [2.75, 3.05) is 53.4 Å². The van der Waals surface area contributed by atoms with Crippen molar-refractivity contribution in [2.45, 2.75) is 30.4 Å². The molecule has 2 fully saturated rings. The second-order valence-electron chi connectivity index (χ2n) is 11.4. The Labute approximate surface area is 258 Å². The van der Waals surface area contributed by atoms with E-state index in [1.165, 1.54) is 6.07 Å². The van der Waals surface area contributed by atoms with Gasteiger partial charge in [0.15, 0.2) is 11.6 Å². The van der Waals surface area contributed by atoms with Gasteiger partial charge in [-0.05, 0) is 54.7 Å². The van der Waals surface area contributed by atoms with Gasteiger partial charge in [-0.1, -0.05) is 54.6 Å². The molecule has 3 amide bonds. The molecular weight excluding hydrogens is 574 g/mol. The Morgan fingerprint density at radius 2 is 1.53 bits per heavy atom. The predicted molar refractivity (Wildman–Crippen MR) is 164 cm³/mol. The van der Waals surface area contributed by atoms with Crippen molar-refractivity contribution >= 4 is 24.3 Å². The van der Waals surface area contributed by atoms with E-state index in [1.54, 1.807) is 42.1 Å². The van der Waals surface area contributed by atoms with Crippen molar-refractivity contribution in [1.29, 1.82) is 0 Å². The summed E-state index contributed by atoms with van der Waals surface area (Å²) < 4.78 is 34.8. The van der Waals surface area contributed by atoms with E-state index >= 15 is 0 Å². The first kappa shape index (κ1) is 32.4. The molecule has 3 aromatic carbocycles. The maximum atomic E-state index is 14.5. The van der Waals surface area contributed by atoms with Gasteiger partial charge in [0.25, 0.3) is 5.91 Å². The molecular formula is C33H39ClF2N4O3. The minimum Gasteiger partial charge on any atom is -0.367 e. The van der Waals surface area contributed by atoms with Crippen LogP contribution in [0.15, 0.2) is 78.9 Å². The standard InChI is InChI=1S/C33H38F2N4O3.ClH/c1-37(2)31(41)36-32(26-11-7-4-8-12-26)15-18-38(19-16-32)20-17-33(27-13-14-28(34)29(35)23-27)24-39(21-22-42-33)30(40)25-9-5-3-6-10-25;/h3-14,23H,15-22,24H2,1-2H3,(H,36,41);1H. The van der Waals surface area contributed by atoms with Crippen molar-refractivity contribution in [3.05, 3.63) is 107 Å². The van der Waals surface area contributed by atoms with Crippen molar-refractivity contribution in [1.82, 2.24) is 20.0 Å². The van der Waals surface area contributed by atoms with Crippen LogP contribution < -0.4 is 5.32 Å². The number of ether oxygens (including phenoxy) is 1. The lowest BCUT2D eigenvalue weighted by Gasteiger charge is -2.46. The molecule has 0 saturated carbocycles. The van der Waals surface area contributed by atoms with E-state index in [-0.39, 0.29) is 37.5 Å². The number of amides is 3. The van der Waals surface area contributed by atoms with Crippen LogP contribution in [-0.4, -0.2) is 80.1 Å². The van der Waals surface area contributed by atoms with Gasteiger partial charge in [0.05, 0.1) is 18.7 Å². The Bertz CT molecular complexity index is 1390. The molecule has 5 rings (SSSR count). The van der Waals surface area contributed by atoms with Crippen LogP contribution in [0.4, 0.5) is 13.6 Å². The number of piperidine rings is 1. The predicted octanol–water partition coefficient (Wildman–Crippen LogP) is 5.41. The average molecular weight is 613 g/mol. The number of nitrogens with zero attached hydrogens (tertiary/aromatic N) is 3. The van der Waals surface area contributed by atoms with E-state index in [0.29, 0.717) is 43.5 Å². The molecule has 43 heavy (non-hydrogen) atoms. The van der Waals surface area contributed by atoms with E-state index in [4.69, 9.17) is 4.74 Å². The summed E-state index contributed by atoms with van der Waals surface area (Å²) in [6.07, 6.45) is 1.92. The summed E-state index contributed by atoms with van der Waals surface area (Å²) in [6.45, 7) is 3.00. The summed E-state index contributed by atoms with van der Waals surface area (Å²) in [5, 5.41) is 3.27. The lowest BCUT2D eigenvalue weighted by atomic mass is 9.80. The molecule has 0 aromatic heterocycles. The summed E-state index contributed by atoms with van der Waals surface area (Å²) in [5.74, 6) is -1.98. The second-order valence-corrected chi connectivity index (χ2v) is 11.4. The fraction of sp³-hybridized carbons (Fsp3) is 0.394. The van der Waals surface area contributed by atoms with Crippen LogP contribution in [0.3, 0.4) is 0 Å². The molecule has 2 heterocycles. The molecule has 3 aromatic rings. The minimum atomic E-state index is -0.996.